The number of carbonyl (C=O) groups excluding carboxylic acids is 2. The van der Waals surface area contributed by atoms with Gasteiger partial charge in [-0.1, -0.05) is 31.5 Å². The van der Waals surface area contributed by atoms with Gasteiger partial charge in [-0.15, -0.1) is 0 Å². The average Bonchev–Trinajstić information content (AvgIpc) is 3.23. The molecule has 3 heterocycles. The predicted octanol–water partition coefficient (Wildman–Crippen LogP) is 2.70. The lowest BCUT2D eigenvalue weighted by molar-refractivity contribution is -0.137. The molecule has 1 N–H and O–H groups in total. The van der Waals surface area contributed by atoms with Gasteiger partial charge in [-0.2, -0.15) is 0 Å². The van der Waals surface area contributed by atoms with Gasteiger partial charge in [0.05, 0.1) is 31.5 Å². The first-order valence-electron chi connectivity index (χ1n) is 10.0. The Kier molecular flexibility index (Phi) is 4.91. The van der Waals surface area contributed by atoms with E-state index in [4.69, 9.17) is 9.47 Å². The third-order valence-corrected chi connectivity index (χ3v) is 6.97. The van der Waals surface area contributed by atoms with Gasteiger partial charge < -0.3 is 14.8 Å². The SMILES string of the molecule is CC[C@H]1CN2CC[C@]3(C(=O)Nc4ccccc43)[C@H]2C[C@H]1/C(=C/OC)C(=O)OC. The molecule has 0 aliphatic carbocycles. The van der Waals surface area contributed by atoms with E-state index < -0.39 is 5.41 Å². The highest BCUT2D eigenvalue weighted by Crippen LogP contribution is 2.53. The van der Waals surface area contributed by atoms with Crippen molar-refractivity contribution in [1.82, 2.24) is 4.90 Å². The minimum atomic E-state index is -0.540. The average molecular weight is 384 g/mol. The van der Waals surface area contributed by atoms with E-state index in [-0.39, 0.29) is 23.8 Å². The van der Waals surface area contributed by atoms with Crippen LogP contribution in [-0.2, 0) is 24.5 Å². The Bertz CT molecular complexity index is 821. The van der Waals surface area contributed by atoms with Crippen molar-refractivity contribution in [2.24, 2.45) is 11.8 Å². The summed E-state index contributed by atoms with van der Waals surface area (Å²) in [6, 6.07) is 8.07. The van der Waals surface area contributed by atoms with Crippen LogP contribution < -0.4 is 5.32 Å². The zero-order valence-corrected chi connectivity index (χ0v) is 16.7. The molecule has 1 aromatic carbocycles. The highest BCUT2D eigenvalue weighted by atomic mass is 16.5. The van der Waals surface area contributed by atoms with E-state index in [0.29, 0.717) is 11.5 Å². The topological polar surface area (TPSA) is 67.9 Å². The van der Waals surface area contributed by atoms with Crippen LogP contribution in [0.4, 0.5) is 5.69 Å². The number of anilines is 1. The minimum Gasteiger partial charge on any atom is -0.504 e. The number of piperidine rings is 1. The normalized spacial score (nSPS) is 32.0. The standard InChI is InChI=1S/C22H28N2O4/c1-4-14-12-24-10-9-22(17-7-5-6-8-18(17)23-21(22)26)19(24)11-15(14)16(13-27-2)20(25)28-3/h5-8,13-15,19H,4,9-12H2,1-3H3,(H,23,26)/b16-13-/t14-,15+,19+,22+/m0/s1. The first-order chi connectivity index (χ1) is 13.6. The van der Waals surface area contributed by atoms with Crippen LogP contribution in [0.15, 0.2) is 36.1 Å². The number of nitrogens with zero attached hydrogens (tertiary/aromatic N) is 1. The van der Waals surface area contributed by atoms with Crippen LogP contribution in [0.25, 0.3) is 0 Å². The van der Waals surface area contributed by atoms with Crippen molar-refractivity contribution < 1.29 is 19.1 Å². The first-order valence-corrected chi connectivity index (χ1v) is 10.0. The molecule has 2 saturated heterocycles. The number of hydrogen-bond donors (Lipinski definition) is 1. The highest BCUT2D eigenvalue weighted by molar-refractivity contribution is 6.07. The molecule has 0 radical (unpaired) electrons. The van der Waals surface area contributed by atoms with E-state index in [0.717, 1.165) is 43.6 Å². The monoisotopic (exact) mass is 384 g/mol. The van der Waals surface area contributed by atoms with Gasteiger partial charge in [0.1, 0.15) is 0 Å². The van der Waals surface area contributed by atoms with Gasteiger partial charge in [-0.3, -0.25) is 9.69 Å². The summed E-state index contributed by atoms with van der Waals surface area (Å²) < 4.78 is 10.3. The van der Waals surface area contributed by atoms with Crippen LogP contribution in [0.1, 0.15) is 31.7 Å². The number of esters is 1. The van der Waals surface area contributed by atoms with Crippen LogP contribution in [0.3, 0.4) is 0 Å². The maximum atomic E-state index is 13.2. The smallest absolute Gasteiger partial charge is 0.337 e. The molecule has 3 aliphatic heterocycles. The van der Waals surface area contributed by atoms with E-state index in [9.17, 15) is 9.59 Å². The van der Waals surface area contributed by atoms with E-state index in [1.165, 1.54) is 13.4 Å². The Hall–Kier alpha value is -2.34. The fraction of sp³-hybridized carbons (Fsp3) is 0.545. The molecule has 1 aromatic rings. The molecule has 0 aromatic heterocycles. The van der Waals surface area contributed by atoms with Gasteiger partial charge in [-0.25, -0.2) is 4.79 Å². The number of carbonyl (C=O) groups is 2. The number of para-hydroxylation sites is 1. The number of hydrogen-bond acceptors (Lipinski definition) is 5. The molecule has 4 atom stereocenters. The molecular formula is C22H28N2O4. The molecule has 1 spiro atoms. The lowest BCUT2D eigenvalue weighted by atomic mass is 9.67. The number of rotatable bonds is 4. The number of fused-ring (bicyclic) bond motifs is 4. The van der Waals surface area contributed by atoms with Gasteiger partial charge in [0.25, 0.3) is 0 Å². The molecule has 3 aliphatic rings. The Balaban J connectivity index is 1.74. The van der Waals surface area contributed by atoms with E-state index in [1.807, 2.05) is 18.2 Å². The Labute approximate surface area is 165 Å². The molecule has 0 bridgehead atoms. The summed E-state index contributed by atoms with van der Waals surface area (Å²) in [6.07, 6.45) is 4.04. The van der Waals surface area contributed by atoms with Crippen molar-refractivity contribution in [3.05, 3.63) is 41.7 Å². The van der Waals surface area contributed by atoms with Crippen molar-refractivity contribution in [2.75, 3.05) is 32.6 Å². The van der Waals surface area contributed by atoms with Crippen LogP contribution in [-0.4, -0.2) is 50.1 Å². The lowest BCUT2D eigenvalue weighted by Gasteiger charge is -2.45. The zero-order chi connectivity index (χ0) is 19.9. The first kappa shape index (κ1) is 19.0. The maximum absolute atomic E-state index is 13.2. The molecule has 150 valence electrons. The summed E-state index contributed by atoms with van der Waals surface area (Å²) in [5.41, 5.74) is 2.05. The van der Waals surface area contributed by atoms with Gasteiger partial charge in [0, 0.05) is 18.3 Å². The van der Waals surface area contributed by atoms with Crippen molar-refractivity contribution in [3.63, 3.8) is 0 Å². The molecule has 6 heteroatoms. The number of amides is 1. The number of benzene rings is 1. The van der Waals surface area contributed by atoms with E-state index >= 15 is 0 Å². The highest BCUT2D eigenvalue weighted by Gasteiger charge is 2.60. The van der Waals surface area contributed by atoms with E-state index in [1.54, 1.807) is 7.11 Å². The molecule has 0 unspecified atom stereocenters. The van der Waals surface area contributed by atoms with Gasteiger partial charge in [0.15, 0.2) is 0 Å². The number of ether oxygens (including phenoxy) is 2. The number of nitrogens with one attached hydrogen (secondary N) is 1. The molecular weight excluding hydrogens is 356 g/mol. The second-order valence-corrected chi connectivity index (χ2v) is 8.04. The summed E-state index contributed by atoms with van der Waals surface area (Å²) in [7, 11) is 2.95. The second-order valence-electron chi connectivity index (χ2n) is 8.04. The van der Waals surface area contributed by atoms with Crippen molar-refractivity contribution in [1.29, 1.82) is 0 Å². The Morgan fingerprint density at radius 3 is 2.86 bits per heavy atom. The summed E-state index contributed by atoms with van der Waals surface area (Å²) in [6.45, 7) is 3.93. The molecule has 2 fully saturated rings. The van der Waals surface area contributed by atoms with E-state index in [2.05, 4.69) is 23.2 Å². The van der Waals surface area contributed by atoms with Gasteiger partial charge >= 0.3 is 5.97 Å². The van der Waals surface area contributed by atoms with Gasteiger partial charge in [0.2, 0.25) is 5.91 Å². The molecule has 0 saturated carbocycles. The summed E-state index contributed by atoms with van der Waals surface area (Å²) in [5.74, 6) is 0.0769. The minimum absolute atomic E-state index is 0.00851. The second kappa shape index (κ2) is 7.24. The van der Waals surface area contributed by atoms with Gasteiger partial charge in [-0.05, 0) is 42.9 Å². The zero-order valence-electron chi connectivity index (χ0n) is 16.7. The quantitative estimate of drug-likeness (QED) is 0.491. The summed E-state index contributed by atoms with van der Waals surface area (Å²) >= 11 is 0. The third-order valence-electron chi connectivity index (χ3n) is 6.97. The van der Waals surface area contributed by atoms with Crippen LogP contribution >= 0.6 is 0 Å². The van der Waals surface area contributed by atoms with Crippen molar-refractivity contribution in [2.45, 2.75) is 37.6 Å². The van der Waals surface area contributed by atoms with Crippen LogP contribution in [0.2, 0.25) is 0 Å². The maximum Gasteiger partial charge on any atom is 0.337 e. The van der Waals surface area contributed by atoms with Crippen LogP contribution in [0.5, 0.6) is 0 Å². The molecule has 6 nitrogen and oxygen atoms in total. The van der Waals surface area contributed by atoms with Crippen molar-refractivity contribution in [3.8, 4) is 0 Å². The molecule has 4 rings (SSSR count). The Morgan fingerprint density at radius 1 is 1.36 bits per heavy atom. The fourth-order valence-corrected chi connectivity index (χ4v) is 5.63. The summed E-state index contributed by atoms with van der Waals surface area (Å²) in [4.78, 5) is 28.1. The number of methoxy groups -OCH3 is 2. The van der Waals surface area contributed by atoms with Crippen molar-refractivity contribution >= 4 is 17.6 Å². The molecule has 28 heavy (non-hydrogen) atoms. The Morgan fingerprint density at radius 2 is 2.14 bits per heavy atom. The van der Waals surface area contributed by atoms with Crippen LogP contribution in [0, 0.1) is 11.8 Å². The summed E-state index contributed by atoms with van der Waals surface area (Å²) in [5, 5.41) is 3.10. The largest absolute Gasteiger partial charge is 0.504 e. The molecule has 1 amide bonds. The third kappa shape index (κ3) is 2.65. The lowest BCUT2D eigenvalue weighted by Crippen LogP contribution is -2.53. The predicted molar refractivity (Wildman–Crippen MR) is 106 cm³/mol. The fourth-order valence-electron chi connectivity index (χ4n) is 5.63.